The van der Waals surface area contributed by atoms with Crippen LogP contribution in [0.1, 0.15) is 46.9 Å². The Morgan fingerprint density at radius 2 is 1.66 bits per heavy atom. The van der Waals surface area contributed by atoms with Gasteiger partial charge in [0.1, 0.15) is 6.04 Å². The van der Waals surface area contributed by atoms with Gasteiger partial charge < -0.3 is 0 Å². The Labute approximate surface area is 178 Å². The maximum absolute atomic E-state index is 13.4. The summed E-state index contributed by atoms with van der Waals surface area (Å²) in [6.45, 7) is 1.71. The van der Waals surface area contributed by atoms with Gasteiger partial charge in [-0.15, -0.1) is 0 Å². The van der Waals surface area contributed by atoms with Crippen molar-refractivity contribution in [2.24, 2.45) is 0 Å². The zero-order valence-electron chi connectivity index (χ0n) is 15.6. The third-order valence-corrected chi connectivity index (χ3v) is 5.20. The lowest BCUT2D eigenvalue weighted by Crippen LogP contribution is -2.56. The van der Waals surface area contributed by atoms with Crippen LogP contribution in [0.5, 0.6) is 0 Å². The number of nitrogens with zero attached hydrogens (tertiary/aromatic N) is 2. The lowest BCUT2D eigenvalue weighted by atomic mass is 10.0. The van der Waals surface area contributed by atoms with Gasteiger partial charge >= 0.3 is 0 Å². The highest BCUT2D eigenvalue weighted by molar-refractivity contribution is 6.36. The molecule has 0 bridgehead atoms. The van der Waals surface area contributed by atoms with Crippen LogP contribution in [-0.4, -0.2) is 39.6 Å². The van der Waals surface area contributed by atoms with E-state index < -0.39 is 23.8 Å². The second kappa shape index (κ2) is 8.76. The van der Waals surface area contributed by atoms with Crippen LogP contribution in [0, 0.1) is 0 Å². The summed E-state index contributed by atoms with van der Waals surface area (Å²) in [6, 6.07) is 11.6. The zero-order chi connectivity index (χ0) is 21.1. The molecule has 0 aliphatic carbocycles. The van der Waals surface area contributed by atoms with Crippen molar-refractivity contribution >= 4 is 46.7 Å². The van der Waals surface area contributed by atoms with Gasteiger partial charge in [-0.1, -0.05) is 60.5 Å². The first-order valence-corrected chi connectivity index (χ1v) is 9.84. The Hall–Kier alpha value is -2.70. The van der Waals surface area contributed by atoms with E-state index in [1.807, 2.05) is 0 Å². The molecule has 3 amide bonds. The molecule has 2 aromatic rings. The van der Waals surface area contributed by atoms with Crippen LogP contribution in [0.15, 0.2) is 48.5 Å². The molecule has 6 nitrogen and oxygen atoms in total. The van der Waals surface area contributed by atoms with Gasteiger partial charge in [-0.25, -0.2) is 5.01 Å². The van der Waals surface area contributed by atoms with Crippen molar-refractivity contribution in [1.82, 2.24) is 10.0 Å². The van der Waals surface area contributed by atoms with Gasteiger partial charge in [0.25, 0.3) is 5.91 Å². The molecule has 0 unspecified atom stereocenters. The quantitative estimate of drug-likeness (QED) is 0.507. The van der Waals surface area contributed by atoms with Gasteiger partial charge in [-0.3, -0.25) is 19.2 Å². The van der Waals surface area contributed by atoms with Gasteiger partial charge in [0.15, 0.2) is 5.78 Å². The van der Waals surface area contributed by atoms with Crippen molar-refractivity contribution in [2.45, 2.75) is 32.2 Å². The monoisotopic (exact) mass is 432 g/mol. The van der Waals surface area contributed by atoms with E-state index >= 15 is 0 Å². The molecular formula is C21H18Cl2N2O4. The third-order valence-electron chi connectivity index (χ3n) is 4.65. The van der Waals surface area contributed by atoms with E-state index in [0.717, 1.165) is 10.0 Å². The minimum Gasteiger partial charge on any atom is -0.292 e. The number of benzene rings is 2. The van der Waals surface area contributed by atoms with Crippen molar-refractivity contribution < 1.29 is 19.2 Å². The van der Waals surface area contributed by atoms with E-state index in [-0.39, 0.29) is 35.6 Å². The van der Waals surface area contributed by atoms with Crippen molar-refractivity contribution in [3.63, 3.8) is 0 Å². The van der Waals surface area contributed by atoms with Crippen molar-refractivity contribution in [2.75, 3.05) is 0 Å². The molecule has 8 heteroatoms. The van der Waals surface area contributed by atoms with Crippen molar-refractivity contribution in [3.8, 4) is 0 Å². The van der Waals surface area contributed by atoms with E-state index in [1.54, 1.807) is 37.3 Å². The van der Waals surface area contributed by atoms with E-state index in [9.17, 15) is 19.2 Å². The van der Waals surface area contributed by atoms with Crippen molar-refractivity contribution in [1.29, 1.82) is 0 Å². The van der Waals surface area contributed by atoms with Gasteiger partial charge in [-0.2, -0.15) is 5.01 Å². The minimum atomic E-state index is -1.05. The SMILES string of the molecule is CC[C@@H](C(=O)c1ccccc1)N(C(=O)c1ccc(Cl)cc1Cl)N1C(=O)CCC1=O. The number of carbonyl (C=O) groups is 4. The topological polar surface area (TPSA) is 74.8 Å². The zero-order valence-corrected chi connectivity index (χ0v) is 17.1. The Kier molecular flexibility index (Phi) is 6.35. The molecule has 0 aromatic heterocycles. The lowest BCUT2D eigenvalue weighted by molar-refractivity contribution is -0.155. The highest BCUT2D eigenvalue weighted by Gasteiger charge is 2.43. The van der Waals surface area contributed by atoms with Crippen LogP contribution in [0.2, 0.25) is 10.0 Å². The number of rotatable bonds is 6. The van der Waals surface area contributed by atoms with Crippen LogP contribution >= 0.6 is 23.2 Å². The number of amides is 3. The van der Waals surface area contributed by atoms with Gasteiger partial charge in [0.2, 0.25) is 11.8 Å². The summed E-state index contributed by atoms with van der Waals surface area (Å²) in [7, 11) is 0. The summed E-state index contributed by atoms with van der Waals surface area (Å²) in [5.41, 5.74) is 0.418. The van der Waals surface area contributed by atoms with E-state index in [1.165, 1.54) is 18.2 Å². The van der Waals surface area contributed by atoms with Gasteiger partial charge in [-0.05, 0) is 24.6 Å². The number of hydrogen-bond acceptors (Lipinski definition) is 4. The predicted octanol–water partition coefficient (Wildman–Crippen LogP) is 4.16. The van der Waals surface area contributed by atoms with Crippen LogP contribution in [0.25, 0.3) is 0 Å². The summed E-state index contributed by atoms with van der Waals surface area (Å²) in [6.07, 6.45) is 0.154. The second-order valence-electron chi connectivity index (χ2n) is 6.53. The van der Waals surface area contributed by atoms with Crippen LogP contribution < -0.4 is 0 Å². The van der Waals surface area contributed by atoms with E-state index in [4.69, 9.17) is 23.2 Å². The molecule has 2 aromatic carbocycles. The van der Waals surface area contributed by atoms with Crippen molar-refractivity contribution in [3.05, 3.63) is 69.7 Å². The maximum atomic E-state index is 13.4. The average molecular weight is 433 g/mol. The second-order valence-corrected chi connectivity index (χ2v) is 7.37. The smallest absolute Gasteiger partial charge is 0.275 e. The first-order chi connectivity index (χ1) is 13.8. The molecule has 1 heterocycles. The number of Topliss-reactive ketones (excluding diaryl/α,β-unsaturated/α-hetero) is 1. The first-order valence-electron chi connectivity index (χ1n) is 9.08. The average Bonchev–Trinajstić information content (AvgIpc) is 3.04. The summed E-state index contributed by atoms with van der Waals surface area (Å²) in [5.74, 6) is -2.16. The molecule has 1 aliphatic rings. The summed E-state index contributed by atoms with van der Waals surface area (Å²) in [4.78, 5) is 51.4. The van der Waals surface area contributed by atoms with Gasteiger partial charge in [0, 0.05) is 23.4 Å². The molecule has 0 saturated carbocycles. The van der Waals surface area contributed by atoms with Crippen LogP contribution in [-0.2, 0) is 9.59 Å². The molecule has 1 saturated heterocycles. The predicted molar refractivity (Wildman–Crippen MR) is 109 cm³/mol. The molecule has 1 atom stereocenters. The summed E-state index contributed by atoms with van der Waals surface area (Å²) >= 11 is 12.1. The number of hydrazine groups is 1. The normalized spacial score (nSPS) is 14.8. The molecular weight excluding hydrogens is 415 g/mol. The minimum absolute atomic E-state index is 0.0209. The fourth-order valence-electron chi connectivity index (χ4n) is 3.23. The molecule has 3 rings (SSSR count). The fourth-order valence-corrected chi connectivity index (χ4v) is 3.72. The molecule has 0 N–H and O–H groups in total. The lowest BCUT2D eigenvalue weighted by Gasteiger charge is -2.35. The molecule has 29 heavy (non-hydrogen) atoms. The fraction of sp³-hybridized carbons (Fsp3) is 0.238. The molecule has 0 spiro atoms. The Balaban J connectivity index is 2.09. The first kappa shape index (κ1) is 21.0. The Morgan fingerprint density at radius 3 is 2.21 bits per heavy atom. The number of halogens is 2. The highest BCUT2D eigenvalue weighted by atomic mass is 35.5. The van der Waals surface area contributed by atoms with Crippen LogP contribution in [0.3, 0.4) is 0 Å². The molecule has 1 fully saturated rings. The maximum Gasteiger partial charge on any atom is 0.275 e. The number of ketones is 1. The Bertz CT molecular complexity index is 962. The molecule has 150 valence electrons. The summed E-state index contributed by atoms with van der Waals surface area (Å²) in [5, 5.41) is 2.12. The Morgan fingerprint density at radius 1 is 1.03 bits per heavy atom. The van der Waals surface area contributed by atoms with Gasteiger partial charge in [0.05, 0.1) is 10.6 Å². The number of imide groups is 1. The third kappa shape index (κ3) is 4.18. The largest absolute Gasteiger partial charge is 0.292 e. The molecule has 0 radical (unpaired) electrons. The number of hydrogen-bond donors (Lipinski definition) is 0. The van der Waals surface area contributed by atoms with Crippen LogP contribution in [0.4, 0.5) is 0 Å². The summed E-state index contributed by atoms with van der Waals surface area (Å²) < 4.78 is 0. The highest BCUT2D eigenvalue weighted by Crippen LogP contribution is 2.27. The molecule has 1 aliphatic heterocycles. The standard InChI is InChI=1S/C21H18Cl2N2O4/c1-2-17(20(28)13-6-4-3-5-7-13)24(25-18(26)10-11-19(25)27)21(29)15-9-8-14(22)12-16(15)23/h3-9,12,17H,2,10-11H2,1H3/t17-/m0/s1. The number of carbonyl (C=O) groups excluding carboxylic acids is 4. The van der Waals surface area contributed by atoms with E-state index in [0.29, 0.717) is 10.6 Å². The van der Waals surface area contributed by atoms with E-state index in [2.05, 4.69) is 0 Å².